The average molecular weight is 410 g/mol. The van der Waals surface area contributed by atoms with Crippen molar-refractivity contribution in [2.24, 2.45) is 5.92 Å². The van der Waals surface area contributed by atoms with Crippen LogP contribution in [0.5, 0.6) is 5.75 Å². The number of hydrogen-bond donors (Lipinski definition) is 0. The highest BCUT2D eigenvalue weighted by Crippen LogP contribution is 2.33. The molecule has 1 unspecified atom stereocenters. The molecule has 0 amide bonds. The van der Waals surface area contributed by atoms with Crippen LogP contribution in [0.3, 0.4) is 0 Å². The summed E-state index contributed by atoms with van der Waals surface area (Å²) in [5.74, 6) is 1.86. The zero-order chi connectivity index (χ0) is 21.4. The molecule has 2 aromatic rings. The Morgan fingerprint density at radius 2 is 1.60 bits per heavy atom. The van der Waals surface area contributed by atoms with E-state index in [-0.39, 0.29) is 0 Å². The van der Waals surface area contributed by atoms with Gasteiger partial charge in [0.15, 0.2) is 0 Å². The molecule has 30 heavy (non-hydrogen) atoms. The molecule has 1 heterocycles. The van der Waals surface area contributed by atoms with E-state index in [2.05, 4.69) is 62.3 Å². The summed E-state index contributed by atoms with van der Waals surface area (Å²) in [5.41, 5.74) is 3.83. The number of unbranched alkanes of at least 4 members (excludes halogenated alkanes) is 6. The van der Waals surface area contributed by atoms with Crippen LogP contribution in [-0.2, 0) is 6.42 Å². The average Bonchev–Trinajstić information content (AvgIpc) is 2.77. The molecule has 166 valence electrons. The van der Waals surface area contributed by atoms with Gasteiger partial charge in [0.25, 0.3) is 0 Å². The van der Waals surface area contributed by atoms with Crippen molar-refractivity contribution in [3.63, 3.8) is 0 Å². The Morgan fingerprint density at radius 3 is 2.43 bits per heavy atom. The maximum absolute atomic E-state index is 6.22. The van der Waals surface area contributed by atoms with Crippen LogP contribution in [0.2, 0.25) is 0 Å². The third-order valence-electron chi connectivity index (χ3n) is 6.01. The van der Waals surface area contributed by atoms with Crippen molar-refractivity contribution in [2.45, 2.75) is 97.8 Å². The number of nitrogens with zero attached hydrogens (tertiary/aromatic N) is 1. The summed E-state index contributed by atoms with van der Waals surface area (Å²) in [4.78, 5) is 4.41. The normalized spacial score (nSPS) is 12.1. The van der Waals surface area contributed by atoms with Gasteiger partial charge in [0.1, 0.15) is 5.75 Å². The maximum Gasteiger partial charge on any atom is 0.127 e. The van der Waals surface area contributed by atoms with Gasteiger partial charge in [-0.05, 0) is 48.4 Å². The minimum Gasteiger partial charge on any atom is -0.493 e. The predicted octanol–water partition coefficient (Wildman–Crippen LogP) is 8.64. The second kappa shape index (κ2) is 15.0. The highest BCUT2D eigenvalue weighted by molar-refractivity contribution is 5.72. The number of aromatic nitrogens is 1. The van der Waals surface area contributed by atoms with Crippen molar-refractivity contribution in [2.75, 3.05) is 6.61 Å². The van der Waals surface area contributed by atoms with Crippen LogP contribution in [0.4, 0.5) is 0 Å². The molecule has 0 N–H and O–H groups in total. The van der Waals surface area contributed by atoms with Crippen LogP contribution in [-0.4, -0.2) is 11.6 Å². The van der Waals surface area contributed by atoms with Crippen LogP contribution in [0.15, 0.2) is 42.7 Å². The first-order valence-corrected chi connectivity index (χ1v) is 12.4. The van der Waals surface area contributed by atoms with Crippen molar-refractivity contribution in [3.8, 4) is 16.9 Å². The van der Waals surface area contributed by atoms with E-state index in [0.717, 1.165) is 31.1 Å². The first kappa shape index (κ1) is 24.4. The molecule has 0 saturated carbocycles. The van der Waals surface area contributed by atoms with Crippen LogP contribution in [0.25, 0.3) is 11.1 Å². The van der Waals surface area contributed by atoms with Crippen LogP contribution < -0.4 is 4.74 Å². The number of para-hydroxylation sites is 1. The van der Waals surface area contributed by atoms with Crippen molar-refractivity contribution in [1.82, 2.24) is 4.98 Å². The minimum absolute atomic E-state index is 0.804. The molecule has 2 rings (SSSR count). The van der Waals surface area contributed by atoms with Crippen molar-refractivity contribution in [3.05, 3.63) is 48.3 Å². The number of benzene rings is 1. The lowest BCUT2D eigenvalue weighted by molar-refractivity contribution is 0.305. The Bertz CT molecular complexity index is 697. The lowest BCUT2D eigenvalue weighted by Gasteiger charge is -2.15. The molecular formula is C28H43NO. The number of hydrogen-bond acceptors (Lipinski definition) is 2. The predicted molar refractivity (Wildman–Crippen MR) is 130 cm³/mol. The molecule has 0 spiro atoms. The lowest BCUT2D eigenvalue weighted by Crippen LogP contribution is -2.00. The fraction of sp³-hybridized carbons (Fsp3) is 0.607. The smallest absolute Gasteiger partial charge is 0.127 e. The van der Waals surface area contributed by atoms with E-state index in [0.29, 0.717) is 0 Å². The molecule has 0 aliphatic heterocycles. The summed E-state index contributed by atoms with van der Waals surface area (Å²) < 4.78 is 6.22. The first-order chi connectivity index (χ1) is 14.8. The van der Waals surface area contributed by atoms with Crippen LogP contribution >= 0.6 is 0 Å². The Kier molecular flexibility index (Phi) is 12.3. The summed E-state index contributed by atoms with van der Waals surface area (Å²) >= 11 is 0. The second-order valence-corrected chi connectivity index (χ2v) is 8.78. The Morgan fingerprint density at radius 1 is 0.800 bits per heavy atom. The van der Waals surface area contributed by atoms with E-state index in [1.165, 1.54) is 80.9 Å². The number of ether oxygens (including phenoxy) is 1. The van der Waals surface area contributed by atoms with Gasteiger partial charge < -0.3 is 4.74 Å². The quantitative estimate of drug-likeness (QED) is 0.259. The van der Waals surface area contributed by atoms with Gasteiger partial charge in [-0.1, -0.05) is 96.8 Å². The third-order valence-corrected chi connectivity index (χ3v) is 6.01. The summed E-state index contributed by atoms with van der Waals surface area (Å²) in [7, 11) is 0. The second-order valence-electron chi connectivity index (χ2n) is 8.78. The molecule has 1 aromatic carbocycles. The van der Waals surface area contributed by atoms with E-state index in [9.17, 15) is 0 Å². The summed E-state index contributed by atoms with van der Waals surface area (Å²) in [6, 6.07) is 10.7. The van der Waals surface area contributed by atoms with E-state index in [1.54, 1.807) is 0 Å². The highest BCUT2D eigenvalue weighted by atomic mass is 16.5. The van der Waals surface area contributed by atoms with Gasteiger partial charge in [-0.3, -0.25) is 4.98 Å². The Labute approximate surface area is 185 Å². The van der Waals surface area contributed by atoms with E-state index < -0.39 is 0 Å². The van der Waals surface area contributed by atoms with Crippen molar-refractivity contribution >= 4 is 0 Å². The molecule has 0 aliphatic rings. The minimum atomic E-state index is 0.804. The van der Waals surface area contributed by atoms with E-state index in [4.69, 9.17) is 4.74 Å². The summed E-state index contributed by atoms with van der Waals surface area (Å²) in [6.07, 6.45) is 19.3. The van der Waals surface area contributed by atoms with E-state index >= 15 is 0 Å². The Balaban J connectivity index is 1.92. The van der Waals surface area contributed by atoms with Gasteiger partial charge in [-0.2, -0.15) is 0 Å². The fourth-order valence-electron chi connectivity index (χ4n) is 4.21. The zero-order valence-corrected chi connectivity index (χ0v) is 19.7. The third kappa shape index (κ3) is 8.90. The standard InChI is InChI=1S/C28H43NO/c1-4-6-7-8-9-14-22-30-28-19-13-12-18-27(28)26-20-21-29-23-25(26)17-11-10-16-24(3)15-5-2/h12-13,18-21,23-24H,4-11,14-17,22H2,1-3H3. The Hall–Kier alpha value is -1.83. The molecule has 0 aliphatic carbocycles. The summed E-state index contributed by atoms with van der Waals surface area (Å²) in [5, 5.41) is 0. The molecule has 2 heteroatoms. The maximum atomic E-state index is 6.22. The van der Waals surface area contributed by atoms with Crippen LogP contribution in [0, 0.1) is 5.92 Å². The summed E-state index contributed by atoms with van der Waals surface area (Å²) in [6.45, 7) is 7.74. The van der Waals surface area contributed by atoms with E-state index in [1.807, 2.05) is 6.20 Å². The topological polar surface area (TPSA) is 22.1 Å². The van der Waals surface area contributed by atoms with Gasteiger partial charge >= 0.3 is 0 Å². The van der Waals surface area contributed by atoms with Gasteiger partial charge in [-0.15, -0.1) is 0 Å². The largest absolute Gasteiger partial charge is 0.493 e. The molecular weight excluding hydrogens is 366 g/mol. The zero-order valence-electron chi connectivity index (χ0n) is 19.7. The number of rotatable bonds is 16. The van der Waals surface area contributed by atoms with Crippen molar-refractivity contribution < 1.29 is 4.74 Å². The molecule has 0 bridgehead atoms. The molecule has 2 nitrogen and oxygen atoms in total. The lowest BCUT2D eigenvalue weighted by atomic mass is 9.94. The molecule has 0 fully saturated rings. The van der Waals surface area contributed by atoms with Gasteiger partial charge in [-0.25, -0.2) is 0 Å². The number of aryl methyl sites for hydroxylation is 1. The monoisotopic (exact) mass is 409 g/mol. The highest BCUT2D eigenvalue weighted by Gasteiger charge is 2.11. The van der Waals surface area contributed by atoms with Gasteiger partial charge in [0.05, 0.1) is 6.61 Å². The SMILES string of the molecule is CCCCCCCCOc1ccccc1-c1ccncc1CCCCC(C)CCC. The first-order valence-electron chi connectivity index (χ1n) is 12.4. The molecule has 0 saturated heterocycles. The molecule has 1 atom stereocenters. The van der Waals surface area contributed by atoms with Crippen LogP contribution in [0.1, 0.15) is 97.0 Å². The number of pyridine rings is 1. The van der Waals surface area contributed by atoms with Crippen molar-refractivity contribution in [1.29, 1.82) is 0 Å². The molecule has 1 aromatic heterocycles. The van der Waals surface area contributed by atoms with Gasteiger partial charge in [0, 0.05) is 18.0 Å². The fourth-order valence-corrected chi connectivity index (χ4v) is 4.21. The van der Waals surface area contributed by atoms with Gasteiger partial charge in [0.2, 0.25) is 0 Å². The molecule has 0 radical (unpaired) electrons.